The molecule has 0 aliphatic carbocycles. The molecule has 1 aromatic carbocycles. The van der Waals surface area contributed by atoms with Gasteiger partial charge >= 0.3 is 6.03 Å². The number of nitrogens with one attached hydrogen (secondary N) is 2. The van der Waals surface area contributed by atoms with Gasteiger partial charge in [-0.25, -0.2) is 22.3 Å². The van der Waals surface area contributed by atoms with Gasteiger partial charge < -0.3 is 10.2 Å². The van der Waals surface area contributed by atoms with Gasteiger partial charge in [-0.2, -0.15) is 0 Å². The Morgan fingerprint density at radius 1 is 1.41 bits per heavy atom. The molecule has 1 aliphatic rings. The molecule has 122 valence electrons. The molecular weight excluding hydrogens is 309 g/mol. The molecule has 0 radical (unpaired) electrons. The van der Waals surface area contributed by atoms with Crippen LogP contribution >= 0.6 is 0 Å². The van der Waals surface area contributed by atoms with E-state index in [2.05, 4.69) is 10.0 Å². The van der Waals surface area contributed by atoms with Crippen molar-refractivity contribution in [1.29, 1.82) is 0 Å². The molecule has 1 aliphatic heterocycles. The number of carbonyl (C=O) groups excluding carboxylic acids is 1. The fraction of sp³-hybridized carbons (Fsp3) is 0.500. The summed E-state index contributed by atoms with van der Waals surface area (Å²) in [6, 6.07) is 5.26. The van der Waals surface area contributed by atoms with Crippen LogP contribution < -0.4 is 10.0 Å². The zero-order valence-corrected chi connectivity index (χ0v) is 13.2. The van der Waals surface area contributed by atoms with E-state index in [1.165, 1.54) is 18.2 Å². The van der Waals surface area contributed by atoms with Crippen LogP contribution in [0.3, 0.4) is 0 Å². The van der Waals surface area contributed by atoms with E-state index in [-0.39, 0.29) is 17.6 Å². The first-order chi connectivity index (χ1) is 10.4. The molecule has 8 heteroatoms. The number of halogens is 1. The van der Waals surface area contributed by atoms with Gasteiger partial charge in [0.05, 0.1) is 5.75 Å². The van der Waals surface area contributed by atoms with Gasteiger partial charge in [-0.15, -0.1) is 0 Å². The van der Waals surface area contributed by atoms with Crippen molar-refractivity contribution in [3.05, 3.63) is 35.6 Å². The van der Waals surface area contributed by atoms with Crippen LogP contribution in [-0.4, -0.2) is 45.0 Å². The minimum atomic E-state index is -3.65. The number of hydrogen-bond acceptors (Lipinski definition) is 3. The summed E-state index contributed by atoms with van der Waals surface area (Å²) < 4.78 is 40.3. The number of rotatable bonds is 5. The normalized spacial score (nSPS) is 18.5. The number of benzene rings is 1. The van der Waals surface area contributed by atoms with E-state index in [0.717, 1.165) is 0 Å². The van der Waals surface area contributed by atoms with Gasteiger partial charge in [0, 0.05) is 31.2 Å². The zero-order chi connectivity index (χ0) is 16.2. The predicted molar refractivity (Wildman–Crippen MR) is 81.2 cm³/mol. The number of urea groups is 1. The molecular formula is C14H20FN3O3S. The lowest BCUT2D eigenvalue weighted by Crippen LogP contribution is -2.42. The molecule has 1 saturated heterocycles. The fourth-order valence-electron chi connectivity index (χ4n) is 2.42. The lowest BCUT2D eigenvalue weighted by atomic mass is 10.2. The highest BCUT2D eigenvalue weighted by Crippen LogP contribution is 2.14. The average molecular weight is 329 g/mol. The van der Waals surface area contributed by atoms with Gasteiger partial charge in [0.25, 0.3) is 0 Å². The van der Waals surface area contributed by atoms with Gasteiger partial charge in [-0.3, -0.25) is 0 Å². The van der Waals surface area contributed by atoms with Gasteiger partial charge in [-0.1, -0.05) is 18.2 Å². The van der Waals surface area contributed by atoms with Crippen LogP contribution in [0.5, 0.6) is 0 Å². The Balaban J connectivity index is 1.93. The highest BCUT2D eigenvalue weighted by atomic mass is 32.2. The van der Waals surface area contributed by atoms with Crippen molar-refractivity contribution in [2.75, 3.05) is 19.6 Å². The minimum Gasteiger partial charge on any atom is -0.338 e. The quantitative estimate of drug-likeness (QED) is 0.847. The summed E-state index contributed by atoms with van der Waals surface area (Å²) in [6.45, 7) is 3.17. The second-order valence-electron chi connectivity index (χ2n) is 5.24. The molecule has 0 spiro atoms. The third kappa shape index (κ3) is 4.41. The van der Waals surface area contributed by atoms with Crippen LogP contribution in [0.4, 0.5) is 9.18 Å². The summed E-state index contributed by atoms with van der Waals surface area (Å²) in [4.78, 5) is 13.2. The van der Waals surface area contributed by atoms with Crippen LogP contribution in [-0.2, 0) is 15.8 Å². The first-order valence-corrected chi connectivity index (χ1v) is 8.82. The smallest absolute Gasteiger partial charge is 0.317 e. The Bertz CT molecular complexity index is 636. The third-order valence-electron chi connectivity index (χ3n) is 3.45. The van der Waals surface area contributed by atoms with Crippen molar-refractivity contribution in [2.45, 2.75) is 25.1 Å². The lowest BCUT2D eigenvalue weighted by molar-refractivity contribution is 0.208. The van der Waals surface area contributed by atoms with Crippen molar-refractivity contribution in [2.24, 2.45) is 0 Å². The molecule has 22 heavy (non-hydrogen) atoms. The van der Waals surface area contributed by atoms with Crippen LogP contribution in [0.2, 0.25) is 0 Å². The first kappa shape index (κ1) is 16.7. The topological polar surface area (TPSA) is 78.5 Å². The molecule has 6 nitrogen and oxygen atoms in total. The number of hydrogen-bond donors (Lipinski definition) is 2. The SMILES string of the molecule is CCNC(=O)N1CCC(NS(=O)(=O)Cc2ccccc2F)C1. The van der Waals surface area contributed by atoms with Gasteiger partial charge in [0.1, 0.15) is 5.82 Å². The molecule has 0 aromatic heterocycles. The maximum Gasteiger partial charge on any atom is 0.317 e. The van der Waals surface area contributed by atoms with Crippen molar-refractivity contribution in [3.8, 4) is 0 Å². The highest BCUT2D eigenvalue weighted by molar-refractivity contribution is 7.88. The predicted octanol–water partition coefficient (Wildman–Crippen LogP) is 1.05. The van der Waals surface area contributed by atoms with E-state index < -0.39 is 21.6 Å². The highest BCUT2D eigenvalue weighted by Gasteiger charge is 2.29. The van der Waals surface area contributed by atoms with Crippen molar-refractivity contribution in [3.63, 3.8) is 0 Å². The lowest BCUT2D eigenvalue weighted by Gasteiger charge is -2.17. The molecule has 1 aromatic rings. The Morgan fingerprint density at radius 2 is 2.14 bits per heavy atom. The Labute approximate surface area is 129 Å². The van der Waals surface area contributed by atoms with Crippen LogP contribution in [0.15, 0.2) is 24.3 Å². The molecule has 1 fully saturated rings. The molecule has 1 unspecified atom stereocenters. The third-order valence-corrected chi connectivity index (χ3v) is 4.84. The number of likely N-dealkylation sites (tertiary alicyclic amines) is 1. The Kier molecular flexibility index (Phi) is 5.36. The van der Waals surface area contributed by atoms with Crippen LogP contribution in [0.25, 0.3) is 0 Å². The average Bonchev–Trinajstić information content (AvgIpc) is 2.89. The van der Waals surface area contributed by atoms with Crippen molar-refractivity contribution in [1.82, 2.24) is 14.9 Å². The maximum absolute atomic E-state index is 13.5. The minimum absolute atomic E-state index is 0.133. The summed E-state index contributed by atoms with van der Waals surface area (Å²) in [5.74, 6) is -0.944. The van der Waals surface area contributed by atoms with E-state index in [4.69, 9.17) is 0 Å². The van der Waals surface area contributed by atoms with E-state index in [0.29, 0.717) is 26.1 Å². The summed E-state index contributed by atoms with van der Waals surface area (Å²) in [6.07, 6.45) is 0.549. The van der Waals surface area contributed by atoms with Crippen molar-refractivity contribution >= 4 is 16.1 Å². The Morgan fingerprint density at radius 3 is 2.82 bits per heavy atom. The van der Waals surface area contributed by atoms with Gasteiger partial charge in [0.2, 0.25) is 10.0 Å². The Hall–Kier alpha value is -1.67. The number of nitrogens with zero attached hydrogens (tertiary/aromatic N) is 1. The van der Waals surface area contributed by atoms with E-state index in [9.17, 15) is 17.6 Å². The first-order valence-electron chi connectivity index (χ1n) is 7.17. The van der Waals surface area contributed by atoms with E-state index in [1.54, 1.807) is 11.0 Å². The molecule has 1 heterocycles. The molecule has 2 amide bonds. The molecule has 0 saturated carbocycles. The number of sulfonamides is 1. The van der Waals surface area contributed by atoms with Gasteiger partial charge in [-0.05, 0) is 19.4 Å². The second-order valence-corrected chi connectivity index (χ2v) is 6.99. The summed E-state index contributed by atoms with van der Waals surface area (Å²) in [7, 11) is -3.65. The van der Waals surface area contributed by atoms with E-state index >= 15 is 0 Å². The number of amides is 2. The largest absolute Gasteiger partial charge is 0.338 e. The zero-order valence-electron chi connectivity index (χ0n) is 12.4. The molecule has 2 N–H and O–H groups in total. The molecule has 2 rings (SSSR count). The summed E-state index contributed by atoms with van der Waals surface area (Å²) in [5, 5.41) is 2.68. The second kappa shape index (κ2) is 7.06. The molecule has 1 atom stereocenters. The standard InChI is InChI=1S/C14H20FN3O3S/c1-2-16-14(19)18-8-7-12(9-18)17-22(20,21)10-11-5-3-4-6-13(11)15/h3-6,12,17H,2,7-10H2,1H3,(H,16,19). The van der Waals surface area contributed by atoms with Gasteiger partial charge in [0.15, 0.2) is 0 Å². The van der Waals surface area contributed by atoms with Crippen molar-refractivity contribution < 1.29 is 17.6 Å². The number of carbonyl (C=O) groups is 1. The van der Waals surface area contributed by atoms with Crippen LogP contribution in [0, 0.1) is 5.82 Å². The van der Waals surface area contributed by atoms with Crippen LogP contribution in [0.1, 0.15) is 18.9 Å². The fourth-order valence-corrected chi connectivity index (χ4v) is 3.85. The summed E-state index contributed by atoms with van der Waals surface area (Å²) in [5.41, 5.74) is 0.133. The van der Waals surface area contributed by atoms with E-state index in [1.807, 2.05) is 6.92 Å². The maximum atomic E-state index is 13.5. The summed E-state index contributed by atoms with van der Waals surface area (Å²) >= 11 is 0. The monoisotopic (exact) mass is 329 g/mol. The molecule has 0 bridgehead atoms.